The molecule has 0 bridgehead atoms. The Kier molecular flexibility index (Phi) is 4.82. The van der Waals surface area contributed by atoms with Crippen molar-refractivity contribution in [3.63, 3.8) is 0 Å². The van der Waals surface area contributed by atoms with E-state index < -0.39 is 12.8 Å². The molecule has 2 nitrogen and oxygen atoms in total. The van der Waals surface area contributed by atoms with Gasteiger partial charge in [0.25, 0.3) is 0 Å². The minimum atomic E-state index is -4.24. The van der Waals surface area contributed by atoms with Gasteiger partial charge < -0.3 is 10.1 Å². The van der Waals surface area contributed by atoms with E-state index in [0.29, 0.717) is 0 Å². The summed E-state index contributed by atoms with van der Waals surface area (Å²) in [6.07, 6.45) is -2.53. The molecule has 1 heterocycles. The first-order chi connectivity index (χ1) is 9.04. The molecular formula is C14H18F3NO. The number of ether oxygens (including phenoxy) is 1. The van der Waals surface area contributed by atoms with Crippen LogP contribution in [0.1, 0.15) is 12.0 Å². The molecule has 2 atom stereocenters. The van der Waals surface area contributed by atoms with E-state index >= 15 is 0 Å². The van der Waals surface area contributed by atoms with E-state index in [4.69, 9.17) is 4.74 Å². The Bertz CT molecular complexity index is 380. The zero-order valence-corrected chi connectivity index (χ0v) is 10.6. The van der Waals surface area contributed by atoms with E-state index in [-0.39, 0.29) is 18.6 Å². The lowest BCUT2D eigenvalue weighted by Gasteiger charge is -2.20. The monoisotopic (exact) mass is 273 g/mol. The standard InChI is InChI=1S/C14H18F3NO/c15-14(16,17)10-19-9-12-6-7-18-13(12)8-11-4-2-1-3-5-11/h1-5,12-13,18H,6-10H2. The minimum absolute atomic E-state index is 0.155. The predicted octanol–water partition coefficient (Wildman–Crippen LogP) is 2.79. The first kappa shape index (κ1) is 14.3. The number of alkyl halides is 3. The summed E-state index contributed by atoms with van der Waals surface area (Å²) in [5, 5.41) is 3.34. The molecule has 0 amide bonds. The Morgan fingerprint density at radius 3 is 2.63 bits per heavy atom. The van der Waals surface area contributed by atoms with Crippen LogP contribution in [-0.2, 0) is 11.2 Å². The van der Waals surface area contributed by atoms with Crippen molar-refractivity contribution in [2.45, 2.75) is 25.1 Å². The van der Waals surface area contributed by atoms with Crippen molar-refractivity contribution in [2.75, 3.05) is 19.8 Å². The molecule has 106 valence electrons. The van der Waals surface area contributed by atoms with Crippen LogP contribution in [0.4, 0.5) is 13.2 Å². The fraction of sp³-hybridized carbons (Fsp3) is 0.571. The molecule has 2 rings (SSSR count). The fourth-order valence-corrected chi connectivity index (χ4v) is 2.45. The molecule has 5 heteroatoms. The van der Waals surface area contributed by atoms with Gasteiger partial charge in [-0.3, -0.25) is 0 Å². The molecule has 2 unspecified atom stereocenters. The number of rotatable bonds is 5. The SMILES string of the molecule is FC(F)(F)COCC1CCNC1Cc1ccccc1. The lowest BCUT2D eigenvalue weighted by Crippen LogP contribution is -2.32. The Labute approximate surface area is 111 Å². The van der Waals surface area contributed by atoms with Gasteiger partial charge in [-0.05, 0) is 30.9 Å². The average molecular weight is 273 g/mol. The largest absolute Gasteiger partial charge is 0.411 e. The maximum absolute atomic E-state index is 12.0. The maximum atomic E-state index is 12.0. The molecule has 1 saturated heterocycles. The van der Waals surface area contributed by atoms with Gasteiger partial charge in [0.1, 0.15) is 6.61 Å². The van der Waals surface area contributed by atoms with Crippen molar-refractivity contribution in [1.82, 2.24) is 5.32 Å². The quantitative estimate of drug-likeness (QED) is 0.890. The van der Waals surface area contributed by atoms with Crippen molar-refractivity contribution in [1.29, 1.82) is 0 Å². The first-order valence-electron chi connectivity index (χ1n) is 6.46. The molecule has 0 spiro atoms. The molecule has 0 radical (unpaired) electrons. The molecule has 1 fully saturated rings. The van der Waals surface area contributed by atoms with Crippen molar-refractivity contribution < 1.29 is 17.9 Å². The predicted molar refractivity (Wildman–Crippen MR) is 66.9 cm³/mol. The summed E-state index contributed by atoms with van der Waals surface area (Å²) >= 11 is 0. The second-order valence-electron chi connectivity index (χ2n) is 4.93. The Morgan fingerprint density at radius 1 is 1.21 bits per heavy atom. The Balaban J connectivity index is 1.80. The van der Waals surface area contributed by atoms with Gasteiger partial charge in [0.2, 0.25) is 0 Å². The summed E-state index contributed by atoms with van der Waals surface area (Å²) in [6.45, 7) is -0.136. The number of hydrogen-bond donors (Lipinski definition) is 1. The molecule has 1 aromatic carbocycles. The van der Waals surface area contributed by atoms with E-state index in [1.54, 1.807) is 0 Å². The van der Waals surface area contributed by atoms with Gasteiger partial charge in [-0.2, -0.15) is 13.2 Å². The maximum Gasteiger partial charge on any atom is 0.411 e. The molecule has 1 aliphatic rings. The van der Waals surface area contributed by atoms with Gasteiger partial charge in [-0.1, -0.05) is 30.3 Å². The molecule has 0 aromatic heterocycles. The summed E-state index contributed by atoms with van der Waals surface area (Å²) in [6, 6.07) is 10.2. The smallest absolute Gasteiger partial charge is 0.372 e. The van der Waals surface area contributed by atoms with Crippen molar-refractivity contribution in [3.05, 3.63) is 35.9 Å². The molecular weight excluding hydrogens is 255 g/mol. The van der Waals surface area contributed by atoms with Crippen LogP contribution in [0.25, 0.3) is 0 Å². The number of hydrogen-bond acceptors (Lipinski definition) is 2. The normalized spacial score (nSPS) is 23.7. The van der Waals surface area contributed by atoms with Crippen LogP contribution in [0.5, 0.6) is 0 Å². The van der Waals surface area contributed by atoms with Gasteiger partial charge in [-0.25, -0.2) is 0 Å². The van der Waals surface area contributed by atoms with E-state index in [9.17, 15) is 13.2 Å². The topological polar surface area (TPSA) is 21.3 Å². The third-order valence-corrected chi connectivity index (χ3v) is 3.39. The molecule has 1 N–H and O–H groups in total. The molecule has 0 saturated carbocycles. The van der Waals surface area contributed by atoms with Crippen LogP contribution in [-0.4, -0.2) is 32.0 Å². The fourth-order valence-electron chi connectivity index (χ4n) is 2.45. The Morgan fingerprint density at radius 2 is 1.95 bits per heavy atom. The van der Waals surface area contributed by atoms with Crippen LogP contribution in [0, 0.1) is 5.92 Å². The van der Waals surface area contributed by atoms with Crippen LogP contribution >= 0.6 is 0 Å². The second-order valence-corrected chi connectivity index (χ2v) is 4.93. The lowest BCUT2D eigenvalue weighted by molar-refractivity contribution is -0.176. The highest BCUT2D eigenvalue weighted by Gasteiger charge is 2.31. The number of halogens is 3. The number of benzene rings is 1. The third-order valence-electron chi connectivity index (χ3n) is 3.39. The summed E-state index contributed by atoms with van der Waals surface area (Å²) in [7, 11) is 0. The van der Waals surface area contributed by atoms with Crippen molar-refractivity contribution in [3.8, 4) is 0 Å². The van der Waals surface area contributed by atoms with E-state index in [1.165, 1.54) is 5.56 Å². The third kappa shape index (κ3) is 4.84. The van der Waals surface area contributed by atoms with Crippen molar-refractivity contribution in [2.24, 2.45) is 5.92 Å². The van der Waals surface area contributed by atoms with Gasteiger partial charge in [0.05, 0.1) is 6.61 Å². The van der Waals surface area contributed by atoms with E-state index in [2.05, 4.69) is 5.32 Å². The lowest BCUT2D eigenvalue weighted by atomic mass is 9.95. The highest BCUT2D eigenvalue weighted by Crippen LogP contribution is 2.21. The van der Waals surface area contributed by atoms with Crippen LogP contribution in [0.3, 0.4) is 0 Å². The number of nitrogens with one attached hydrogen (secondary N) is 1. The summed E-state index contributed by atoms with van der Waals surface area (Å²) < 4.78 is 40.9. The molecule has 0 aliphatic carbocycles. The van der Waals surface area contributed by atoms with Crippen LogP contribution in [0.15, 0.2) is 30.3 Å². The molecule has 19 heavy (non-hydrogen) atoms. The van der Waals surface area contributed by atoms with Crippen molar-refractivity contribution >= 4 is 0 Å². The van der Waals surface area contributed by atoms with Gasteiger partial charge in [-0.15, -0.1) is 0 Å². The van der Waals surface area contributed by atoms with Crippen LogP contribution in [0.2, 0.25) is 0 Å². The summed E-state index contributed by atoms with van der Waals surface area (Å²) in [5.41, 5.74) is 1.20. The Hall–Kier alpha value is -1.07. The van der Waals surface area contributed by atoms with Gasteiger partial charge >= 0.3 is 6.18 Å². The first-order valence-corrected chi connectivity index (χ1v) is 6.46. The second kappa shape index (κ2) is 6.39. The van der Waals surface area contributed by atoms with Gasteiger partial charge in [0.15, 0.2) is 0 Å². The average Bonchev–Trinajstić information content (AvgIpc) is 2.76. The summed E-state index contributed by atoms with van der Waals surface area (Å²) in [5.74, 6) is 0.155. The zero-order valence-electron chi connectivity index (χ0n) is 10.6. The highest BCUT2D eigenvalue weighted by molar-refractivity contribution is 5.16. The van der Waals surface area contributed by atoms with E-state index in [1.807, 2.05) is 30.3 Å². The zero-order chi connectivity index (χ0) is 13.7. The van der Waals surface area contributed by atoms with E-state index in [0.717, 1.165) is 19.4 Å². The highest BCUT2D eigenvalue weighted by atomic mass is 19.4. The van der Waals surface area contributed by atoms with Gasteiger partial charge in [0, 0.05) is 6.04 Å². The molecule has 1 aliphatic heterocycles. The minimum Gasteiger partial charge on any atom is -0.372 e. The van der Waals surface area contributed by atoms with Crippen LogP contribution < -0.4 is 5.32 Å². The summed E-state index contributed by atoms with van der Waals surface area (Å²) in [4.78, 5) is 0. The molecule has 1 aromatic rings.